The third-order valence-electron chi connectivity index (χ3n) is 3.88. The molecule has 18 heavy (non-hydrogen) atoms. The zero-order chi connectivity index (χ0) is 13.2. The molecule has 1 unspecified atom stereocenters. The highest BCUT2D eigenvalue weighted by Gasteiger charge is 2.45. The maximum atomic E-state index is 11.9. The standard InChI is InChI=1S/C15H22N2O/c1-15(2)9-13(15)10-17-14(18)12-5-3-11(4-6-12)7-8-16/h3-6,13H,7-10,16H2,1-2H3,(H,17,18). The minimum atomic E-state index is 0.0250. The molecular formula is C15H22N2O. The molecule has 3 nitrogen and oxygen atoms in total. The average Bonchev–Trinajstić information content (AvgIpc) is 2.95. The number of hydrogen-bond acceptors (Lipinski definition) is 2. The van der Waals surface area contributed by atoms with E-state index in [9.17, 15) is 4.79 Å². The molecule has 0 heterocycles. The van der Waals surface area contributed by atoms with Gasteiger partial charge in [0.25, 0.3) is 5.91 Å². The van der Waals surface area contributed by atoms with Crippen LogP contribution in [0.4, 0.5) is 0 Å². The number of nitrogens with one attached hydrogen (secondary N) is 1. The summed E-state index contributed by atoms with van der Waals surface area (Å²) in [6, 6.07) is 7.70. The molecule has 0 aromatic heterocycles. The molecule has 1 aromatic carbocycles. The molecule has 1 atom stereocenters. The summed E-state index contributed by atoms with van der Waals surface area (Å²) in [5.41, 5.74) is 7.82. The number of hydrogen-bond donors (Lipinski definition) is 2. The minimum Gasteiger partial charge on any atom is -0.352 e. The lowest BCUT2D eigenvalue weighted by Gasteiger charge is -2.07. The van der Waals surface area contributed by atoms with Crippen LogP contribution in [0.25, 0.3) is 0 Å². The van der Waals surface area contributed by atoms with Gasteiger partial charge < -0.3 is 11.1 Å². The van der Waals surface area contributed by atoms with Gasteiger partial charge in [0.15, 0.2) is 0 Å². The van der Waals surface area contributed by atoms with E-state index in [1.54, 1.807) is 0 Å². The maximum absolute atomic E-state index is 11.9. The molecule has 3 heteroatoms. The molecule has 0 bridgehead atoms. The summed E-state index contributed by atoms with van der Waals surface area (Å²) in [5, 5.41) is 3.00. The van der Waals surface area contributed by atoms with Crippen LogP contribution in [0.3, 0.4) is 0 Å². The number of amides is 1. The van der Waals surface area contributed by atoms with Crippen LogP contribution in [0, 0.1) is 11.3 Å². The van der Waals surface area contributed by atoms with E-state index < -0.39 is 0 Å². The van der Waals surface area contributed by atoms with Crippen LogP contribution in [0.5, 0.6) is 0 Å². The Morgan fingerprint density at radius 3 is 2.50 bits per heavy atom. The molecule has 2 rings (SSSR count). The van der Waals surface area contributed by atoms with E-state index in [2.05, 4.69) is 19.2 Å². The first kappa shape index (κ1) is 13.1. The summed E-state index contributed by atoms with van der Waals surface area (Å²) < 4.78 is 0. The second-order valence-electron chi connectivity index (χ2n) is 5.84. The summed E-state index contributed by atoms with van der Waals surface area (Å²) in [6.07, 6.45) is 2.07. The number of nitrogens with two attached hydrogens (primary N) is 1. The lowest BCUT2D eigenvalue weighted by Crippen LogP contribution is -2.26. The molecular weight excluding hydrogens is 224 g/mol. The van der Waals surface area contributed by atoms with Crippen LogP contribution in [-0.4, -0.2) is 19.0 Å². The Kier molecular flexibility index (Phi) is 3.71. The Bertz CT molecular complexity index is 423. The average molecular weight is 246 g/mol. The smallest absolute Gasteiger partial charge is 0.251 e. The Morgan fingerprint density at radius 2 is 2.00 bits per heavy atom. The quantitative estimate of drug-likeness (QED) is 0.834. The fraction of sp³-hybridized carbons (Fsp3) is 0.533. The molecule has 98 valence electrons. The Labute approximate surface area is 109 Å². The molecule has 1 fully saturated rings. The van der Waals surface area contributed by atoms with Crippen molar-refractivity contribution in [2.45, 2.75) is 26.7 Å². The molecule has 0 saturated heterocycles. The fourth-order valence-electron chi connectivity index (χ4n) is 2.23. The molecule has 1 saturated carbocycles. The fourth-order valence-corrected chi connectivity index (χ4v) is 2.23. The van der Waals surface area contributed by atoms with Crippen LogP contribution in [-0.2, 0) is 6.42 Å². The first-order valence-electron chi connectivity index (χ1n) is 6.60. The first-order chi connectivity index (χ1) is 8.53. The predicted molar refractivity (Wildman–Crippen MR) is 73.4 cm³/mol. The normalized spacial score (nSPS) is 20.5. The van der Waals surface area contributed by atoms with E-state index in [0.717, 1.165) is 18.5 Å². The van der Waals surface area contributed by atoms with Crippen LogP contribution < -0.4 is 11.1 Å². The summed E-state index contributed by atoms with van der Waals surface area (Å²) in [7, 11) is 0. The topological polar surface area (TPSA) is 55.1 Å². The lowest BCUT2D eigenvalue weighted by molar-refractivity contribution is 0.0950. The molecule has 3 N–H and O–H groups in total. The van der Waals surface area contributed by atoms with Gasteiger partial charge in [0, 0.05) is 12.1 Å². The third kappa shape index (κ3) is 3.10. The zero-order valence-corrected chi connectivity index (χ0v) is 11.2. The van der Waals surface area contributed by atoms with Gasteiger partial charge in [-0.25, -0.2) is 0 Å². The van der Waals surface area contributed by atoms with Gasteiger partial charge in [0.1, 0.15) is 0 Å². The van der Waals surface area contributed by atoms with Crippen molar-refractivity contribution in [2.24, 2.45) is 17.1 Å². The molecule has 1 amide bonds. The second kappa shape index (κ2) is 5.11. The Morgan fingerprint density at radius 1 is 1.39 bits per heavy atom. The molecule has 0 radical (unpaired) electrons. The van der Waals surface area contributed by atoms with E-state index in [4.69, 9.17) is 5.73 Å². The lowest BCUT2D eigenvalue weighted by atomic mass is 10.1. The van der Waals surface area contributed by atoms with Gasteiger partial charge in [-0.1, -0.05) is 26.0 Å². The predicted octanol–water partition coefficient (Wildman–Crippen LogP) is 1.96. The summed E-state index contributed by atoms with van der Waals surface area (Å²) in [6.45, 7) is 5.91. The van der Waals surface area contributed by atoms with E-state index >= 15 is 0 Å². The second-order valence-corrected chi connectivity index (χ2v) is 5.84. The summed E-state index contributed by atoms with van der Waals surface area (Å²) >= 11 is 0. The van der Waals surface area contributed by atoms with E-state index in [1.807, 2.05) is 24.3 Å². The largest absolute Gasteiger partial charge is 0.352 e. The maximum Gasteiger partial charge on any atom is 0.251 e. The van der Waals surface area contributed by atoms with Gasteiger partial charge in [0.2, 0.25) is 0 Å². The first-order valence-corrected chi connectivity index (χ1v) is 6.60. The molecule has 1 aliphatic rings. The van der Waals surface area contributed by atoms with Crippen LogP contribution in [0.1, 0.15) is 36.2 Å². The molecule has 1 aliphatic carbocycles. The van der Waals surface area contributed by atoms with Gasteiger partial charge in [-0.2, -0.15) is 0 Å². The number of benzene rings is 1. The van der Waals surface area contributed by atoms with Crippen molar-refractivity contribution in [1.82, 2.24) is 5.32 Å². The van der Waals surface area contributed by atoms with Crippen molar-refractivity contribution in [3.63, 3.8) is 0 Å². The monoisotopic (exact) mass is 246 g/mol. The highest BCUT2D eigenvalue weighted by Crippen LogP contribution is 2.50. The van der Waals surface area contributed by atoms with Crippen molar-refractivity contribution in [1.29, 1.82) is 0 Å². The Balaban J connectivity index is 1.85. The van der Waals surface area contributed by atoms with Crippen molar-refractivity contribution < 1.29 is 4.79 Å². The zero-order valence-electron chi connectivity index (χ0n) is 11.2. The van der Waals surface area contributed by atoms with Crippen molar-refractivity contribution >= 4 is 5.91 Å². The molecule has 0 spiro atoms. The van der Waals surface area contributed by atoms with Crippen LogP contribution in [0.2, 0.25) is 0 Å². The summed E-state index contributed by atoms with van der Waals surface area (Å²) in [4.78, 5) is 11.9. The van der Waals surface area contributed by atoms with Crippen molar-refractivity contribution in [3.8, 4) is 0 Å². The van der Waals surface area contributed by atoms with Gasteiger partial charge in [-0.3, -0.25) is 4.79 Å². The number of carbonyl (C=O) groups is 1. The summed E-state index contributed by atoms with van der Waals surface area (Å²) in [5.74, 6) is 0.662. The van der Waals surface area contributed by atoms with Gasteiger partial charge in [-0.05, 0) is 48.4 Å². The van der Waals surface area contributed by atoms with Crippen LogP contribution >= 0.6 is 0 Å². The third-order valence-corrected chi connectivity index (χ3v) is 3.88. The minimum absolute atomic E-state index is 0.0250. The number of rotatable bonds is 5. The SMILES string of the molecule is CC1(C)CC1CNC(=O)c1ccc(CCN)cc1. The van der Waals surface area contributed by atoms with Crippen molar-refractivity contribution in [2.75, 3.05) is 13.1 Å². The molecule has 1 aromatic rings. The van der Waals surface area contributed by atoms with Gasteiger partial charge in [-0.15, -0.1) is 0 Å². The highest BCUT2D eigenvalue weighted by atomic mass is 16.1. The van der Waals surface area contributed by atoms with Crippen molar-refractivity contribution in [3.05, 3.63) is 35.4 Å². The molecule has 0 aliphatic heterocycles. The van der Waals surface area contributed by atoms with Gasteiger partial charge in [0.05, 0.1) is 0 Å². The Hall–Kier alpha value is -1.35. The van der Waals surface area contributed by atoms with E-state index in [0.29, 0.717) is 17.9 Å². The van der Waals surface area contributed by atoms with Gasteiger partial charge >= 0.3 is 0 Å². The van der Waals surface area contributed by atoms with E-state index in [-0.39, 0.29) is 5.91 Å². The number of carbonyl (C=O) groups excluding carboxylic acids is 1. The highest BCUT2D eigenvalue weighted by molar-refractivity contribution is 5.94. The van der Waals surface area contributed by atoms with Crippen LogP contribution in [0.15, 0.2) is 24.3 Å². The van der Waals surface area contributed by atoms with E-state index in [1.165, 1.54) is 12.0 Å².